The molecule has 0 fully saturated rings. The van der Waals surface area contributed by atoms with Gasteiger partial charge in [0.05, 0.1) is 29.8 Å². The molecule has 0 heterocycles. The first kappa shape index (κ1) is 21.4. The van der Waals surface area contributed by atoms with E-state index in [1.165, 1.54) is 19.2 Å². The van der Waals surface area contributed by atoms with Gasteiger partial charge in [0.25, 0.3) is 11.6 Å². The Hall–Kier alpha value is -3.95. The lowest BCUT2D eigenvalue weighted by Gasteiger charge is -2.11. The van der Waals surface area contributed by atoms with E-state index in [4.69, 9.17) is 9.47 Å². The Morgan fingerprint density at radius 1 is 1.07 bits per heavy atom. The average Bonchev–Trinajstić information content (AvgIpc) is 2.70. The highest BCUT2D eigenvalue weighted by Crippen LogP contribution is 2.24. The Bertz CT molecular complexity index is 926. The molecule has 0 unspecified atom stereocenters. The lowest BCUT2D eigenvalue weighted by molar-refractivity contribution is -0.384. The number of amides is 2. The minimum absolute atomic E-state index is 0.0627. The molecule has 2 N–H and O–H groups in total. The van der Waals surface area contributed by atoms with Crippen LogP contribution in [0.2, 0.25) is 0 Å². The number of anilines is 1. The second-order valence-corrected chi connectivity index (χ2v) is 5.91. The average molecular weight is 401 g/mol. The number of esters is 1. The van der Waals surface area contributed by atoms with Crippen molar-refractivity contribution in [1.29, 1.82) is 0 Å². The number of benzene rings is 2. The van der Waals surface area contributed by atoms with Gasteiger partial charge in [-0.15, -0.1) is 0 Å². The topological polar surface area (TPSA) is 137 Å². The normalized spacial score (nSPS) is 10.0. The van der Waals surface area contributed by atoms with Crippen LogP contribution in [0, 0.1) is 17.0 Å². The van der Waals surface area contributed by atoms with Crippen LogP contribution in [0.3, 0.4) is 0 Å². The largest absolute Gasteiger partial charge is 0.495 e. The van der Waals surface area contributed by atoms with Crippen LogP contribution in [-0.4, -0.2) is 43.0 Å². The van der Waals surface area contributed by atoms with Gasteiger partial charge in [0.15, 0.2) is 6.61 Å². The van der Waals surface area contributed by atoms with E-state index in [0.29, 0.717) is 11.4 Å². The number of hydrogen-bond donors (Lipinski definition) is 2. The van der Waals surface area contributed by atoms with Crippen molar-refractivity contribution in [3.63, 3.8) is 0 Å². The fourth-order valence-electron chi connectivity index (χ4n) is 2.28. The number of carbonyl (C=O) groups excluding carboxylic acids is 3. The van der Waals surface area contributed by atoms with Gasteiger partial charge < -0.3 is 20.1 Å². The van der Waals surface area contributed by atoms with Gasteiger partial charge in [-0.25, -0.2) is 4.79 Å². The Morgan fingerprint density at radius 2 is 1.76 bits per heavy atom. The van der Waals surface area contributed by atoms with Crippen molar-refractivity contribution in [3.8, 4) is 5.75 Å². The number of nitrogens with zero attached hydrogens (tertiary/aromatic N) is 1. The van der Waals surface area contributed by atoms with Gasteiger partial charge in [-0.3, -0.25) is 19.7 Å². The van der Waals surface area contributed by atoms with E-state index in [1.807, 2.05) is 13.0 Å². The summed E-state index contributed by atoms with van der Waals surface area (Å²) in [4.78, 5) is 45.6. The molecule has 0 aliphatic heterocycles. The highest BCUT2D eigenvalue weighted by Gasteiger charge is 2.14. The number of rotatable bonds is 8. The van der Waals surface area contributed by atoms with Crippen LogP contribution in [0.4, 0.5) is 11.4 Å². The summed E-state index contributed by atoms with van der Waals surface area (Å²) in [6.45, 7) is 0.929. The number of non-ortho nitro benzene ring substituents is 1. The third-order valence-corrected chi connectivity index (χ3v) is 3.72. The van der Waals surface area contributed by atoms with E-state index >= 15 is 0 Å². The molecular formula is C19H19N3O7. The highest BCUT2D eigenvalue weighted by molar-refractivity contribution is 5.96. The molecule has 0 aliphatic rings. The molecule has 0 bridgehead atoms. The minimum atomic E-state index is -0.816. The van der Waals surface area contributed by atoms with Crippen LogP contribution in [0.1, 0.15) is 15.9 Å². The summed E-state index contributed by atoms with van der Waals surface area (Å²) >= 11 is 0. The molecule has 0 saturated carbocycles. The fraction of sp³-hybridized carbons (Fsp3) is 0.211. The number of aryl methyl sites for hydroxylation is 1. The quantitative estimate of drug-likeness (QED) is 0.391. The maximum Gasteiger partial charge on any atom is 0.338 e. The number of nitrogens with one attached hydrogen (secondary N) is 2. The third-order valence-electron chi connectivity index (χ3n) is 3.72. The summed E-state index contributed by atoms with van der Waals surface area (Å²) in [5, 5.41) is 15.5. The lowest BCUT2D eigenvalue weighted by Crippen LogP contribution is -2.35. The zero-order valence-corrected chi connectivity index (χ0v) is 15.8. The standard InChI is InChI=1S/C19H19N3O7/c1-12-3-8-16(28-2)15(9-12)21-17(23)10-20-18(24)11-29-19(25)13-4-6-14(7-5-13)22(26)27/h3-9H,10-11H2,1-2H3,(H,20,24)(H,21,23). The van der Waals surface area contributed by atoms with E-state index in [0.717, 1.165) is 17.7 Å². The van der Waals surface area contributed by atoms with E-state index in [1.54, 1.807) is 12.1 Å². The Morgan fingerprint density at radius 3 is 2.38 bits per heavy atom. The second kappa shape index (κ2) is 9.83. The number of carbonyl (C=O) groups is 3. The Kier molecular flexibility index (Phi) is 7.24. The predicted octanol–water partition coefficient (Wildman–Crippen LogP) is 1.82. The molecule has 0 atom stereocenters. The summed E-state index contributed by atoms with van der Waals surface area (Å²) < 4.78 is 9.98. The first-order valence-corrected chi connectivity index (χ1v) is 8.43. The molecule has 10 heteroatoms. The van der Waals surface area contributed by atoms with Crippen LogP contribution >= 0.6 is 0 Å². The van der Waals surface area contributed by atoms with E-state index in [-0.39, 0.29) is 17.8 Å². The van der Waals surface area contributed by atoms with Gasteiger partial charge in [0.2, 0.25) is 5.91 Å². The molecule has 0 spiro atoms. The molecule has 2 aromatic rings. The summed E-state index contributed by atoms with van der Waals surface area (Å²) in [7, 11) is 1.47. The monoisotopic (exact) mass is 401 g/mol. The molecule has 29 heavy (non-hydrogen) atoms. The molecule has 0 aliphatic carbocycles. The van der Waals surface area contributed by atoms with Crippen molar-refractivity contribution in [1.82, 2.24) is 5.32 Å². The van der Waals surface area contributed by atoms with Crippen LogP contribution in [0.25, 0.3) is 0 Å². The van der Waals surface area contributed by atoms with Gasteiger partial charge in [0, 0.05) is 12.1 Å². The summed E-state index contributed by atoms with van der Waals surface area (Å²) in [6, 6.07) is 10.0. The van der Waals surface area contributed by atoms with Crippen LogP contribution in [0.5, 0.6) is 5.75 Å². The number of ether oxygens (including phenoxy) is 2. The zero-order valence-electron chi connectivity index (χ0n) is 15.8. The van der Waals surface area contributed by atoms with Gasteiger partial charge in [-0.1, -0.05) is 6.07 Å². The zero-order chi connectivity index (χ0) is 21.4. The highest BCUT2D eigenvalue weighted by atomic mass is 16.6. The first-order valence-electron chi connectivity index (χ1n) is 8.43. The van der Waals surface area contributed by atoms with Gasteiger partial charge in [-0.2, -0.15) is 0 Å². The van der Waals surface area contributed by atoms with Crippen LogP contribution in [-0.2, 0) is 14.3 Å². The van der Waals surface area contributed by atoms with Crippen LogP contribution in [0.15, 0.2) is 42.5 Å². The van der Waals surface area contributed by atoms with Gasteiger partial charge >= 0.3 is 5.97 Å². The number of hydrogen-bond acceptors (Lipinski definition) is 7. The SMILES string of the molecule is COc1ccc(C)cc1NC(=O)CNC(=O)COC(=O)c1ccc([N+](=O)[O-])cc1. The summed E-state index contributed by atoms with van der Waals surface area (Å²) in [5.74, 6) is -1.49. The third kappa shape index (κ3) is 6.31. The van der Waals surface area contributed by atoms with E-state index in [2.05, 4.69) is 10.6 Å². The van der Waals surface area contributed by atoms with Crippen molar-refractivity contribution in [2.75, 3.05) is 25.6 Å². The molecular weight excluding hydrogens is 382 g/mol. The minimum Gasteiger partial charge on any atom is -0.495 e. The van der Waals surface area contributed by atoms with E-state index < -0.39 is 29.3 Å². The first-order chi connectivity index (χ1) is 13.8. The van der Waals surface area contributed by atoms with Crippen molar-refractivity contribution < 1.29 is 28.8 Å². The number of nitro groups is 1. The maximum absolute atomic E-state index is 12.0. The number of nitro benzene ring substituents is 1. The van der Waals surface area contributed by atoms with Gasteiger partial charge in [0.1, 0.15) is 5.75 Å². The second-order valence-electron chi connectivity index (χ2n) is 5.91. The maximum atomic E-state index is 12.0. The van der Waals surface area contributed by atoms with E-state index in [9.17, 15) is 24.5 Å². The summed E-state index contributed by atoms with van der Waals surface area (Å²) in [5.41, 5.74) is 1.28. The molecule has 0 aromatic heterocycles. The molecule has 152 valence electrons. The Balaban J connectivity index is 1.79. The molecule has 2 rings (SSSR count). The predicted molar refractivity (Wildman–Crippen MR) is 103 cm³/mol. The molecule has 10 nitrogen and oxygen atoms in total. The molecule has 2 amide bonds. The lowest BCUT2D eigenvalue weighted by atomic mass is 10.2. The fourth-order valence-corrected chi connectivity index (χ4v) is 2.28. The van der Waals surface area contributed by atoms with Gasteiger partial charge in [-0.05, 0) is 36.8 Å². The Labute approximate surface area is 166 Å². The molecule has 2 aromatic carbocycles. The number of methoxy groups -OCH3 is 1. The van der Waals surface area contributed by atoms with Crippen LogP contribution < -0.4 is 15.4 Å². The molecule has 0 saturated heterocycles. The van der Waals surface area contributed by atoms with Crippen molar-refractivity contribution >= 4 is 29.2 Å². The van der Waals surface area contributed by atoms with Crippen molar-refractivity contribution in [3.05, 3.63) is 63.7 Å². The van der Waals surface area contributed by atoms with Crippen molar-refractivity contribution in [2.45, 2.75) is 6.92 Å². The summed E-state index contributed by atoms with van der Waals surface area (Å²) in [6.07, 6.45) is 0. The molecule has 0 radical (unpaired) electrons. The smallest absolute Gasteiger partial charge is 0.338 e. The van der Waals surface area contributed by atoms with Crippen molar-refractivity contribution in [2.24, 2.45) is 0 Å².